The van der Waals surface area contributed by atoms with Crippen molar-refractivity contribution in [2.24, 2.45) is 5.73 Å². The summed E-state index contributed by atoms with van der Waals surface area (Å²) in [5.74, 6) is 0. The summed E-state index contributed by atoms with van der Waals surface area (Å²) in [6.07, 6.45) is 1.78. The average Bonchev–Trinajstić information content (AvgIpc) is 2.32. The Bertz CT molecular complexity index is 384. The lowest BCUT2D eigenvalue weighted by Crippen LogP contribution is -2.37. The van der Waals surface area contributed by atoms with E-state index in [0.717, 1.165) is 48.6 Å². The Kier molecular flexibility index (Phi) is 4.40. The minimum Gasteiger partial charge on any atom is -0.392 e. The summed E-state index contributed by atoms with van der Waals surface area (Å²) in [6.45, 7) is 3.10. The summed E-state index contributed by atoms with van der Waals surface area (Å²) in [5, 5.41) is 10.4. The zero-order chi connectivity index (χ0) is 12.3. The molecule has 0 spiro atoms. The number of halogens is 1. The number of nitrogens with two attached hydrogens (primary N) is 1. The first kappa shape index (κ1) is 12.8. The van der Waals surface area contributed by atoms with Gasteiger partial charge in [0.05, 0.1) is 6.10 Å². The van der Waals surface area contributed by atoms with Crippen LogP contribution in [0.15, 0.2) is 18.2 Å². The van der Waals surface area contributed by atoms with Gasteiger partial charge >= 0.3 is 0 Å². The number of likely N-dealkylation sites (tertiary alicyclic amines) is 1. The summed E-state index contributed by atoms with van der Waals surface area (Å²) < 4.78 is 0. The monoisotopic (exact) mass is 254 g/mol. The van der Waals surface area contributed by atoms with Crippen LogP contribution in [0, 0.1) is 0 Å². The van der Waals surface area contributed by atoms with Crippen LogP contribution in [0.4, 0.5) is 0 Å². The molecule has 1 aliphatic rings. The van der Waals surface area contributed by atoms with Gasteiger partial charge in [-0.15, -0.1) is 0 Å². The molecule has 1 unspecified atom stereocenters. The third-order valence-corrected chi connectivity index (χ3v) is 3.58. The second-order valence-electron chi connectivity index (χ2n) is 4.66. The Labute approximate surface area is 107 Å². The van der Waals surface area contributed by atoms with Crippen LogP contribution in [0.5, 0.6) is 0 Å². The highest BCUT2D eigenvalue weighted by molar-refractivity contribution is 6.31. The smallest absolute Gasteiger partial charge is 0.0667 e. The number of piperidine rings is 1. The molecule has 1 aromatic carbocycles. The molecule has 3 N–H and O–H groups in total. The van der Waals surface area contributed by atoms with Crippen molar-refractivity contribution in [3.05, 3.63) is 34.3 Å². The maximum Gasteiger partial charge on any atom is 0.0667 e. The summed E-state index contributed by atoms with van der Waals surface area (Å²) in [7, 11) is 0. The summed E-state index contributed by atoms with van der Waals surface area (Å²) in [5.41, 5.74) is 7.73. The Balaban J connectivity index is 2.02. The van der Waals surface area contributed by atoms with E-state index in [1.54, 1.807) is 0 Å². The Morgan fingerprint density at radius 1 is 1.47 bits per heavy atom. The van der Waals surface area contributed by atoms with Crippen LogP contribution in [-0.4, -0.2) is 29.2 Å². The van der Waals surface area contributed by atoms with E-state index in [2.05, 4.69) is 4.90 Å². The van der Waals surface area contributed by atoms with Crippen molar-refractivity contribution in [2.75, 3.05) is 13.1 Å². The van der Waals surface area contributed by atoms with Gasteiger partial charge in [-0.05, 0) is 36.6 Å². The van der Waals surface area contributed by atoms with Gasteiger partial charge in [0.1, 0.15) is 0 Å². The zero-order valence-electron chi connectivity index (χ0n) is 9.90. The Hall–Kier alpha value is -0.610. The Morgan fingerprint density at radius 2 is 2.29 bits per heavy atom. The van der Waals surface area contributed by atoms with E-state index in [-0.39, 0.29) is 6.10 Å². The normalized spacial score (nSPS) is 21.7. The summed E-state index contributed by atoms with van der Waals surface area (Å²) in [6, 6.07) is 5.98. The van der Waals surface area contributed by atoms with Gasteiger partial charge in [-0.1, -0.05) is 23.7 Å². The quantitative estimate of drug-likeness (QED) is 0.864. The fourth-order valence-electron chi connectivity index (χ4n) is 2.26. The van der Waals surface area contributed by atoms with Crippen LogP contribution in [0.1, 0.15) is 24.0 Å². The molecule has 1 aromatic rings. The van der Waals surface area contributed by atoms with E-state index >= 15 is 0 Å². The first-order valence-corrected chi connectivity index (χ1v) is 6.44. The van der Waals surface area contributed by atoms with Gasteiger partial charge in [-0.3, -0.25) is 4.90 Å². The molecule has 2 rings (SSSR count). The van der Waals surface area contributed by atoms with Crippen LogP contribution in [-0.2, 0) is 13.1 Å². The molecular weight excluding hydrogens is 236 g/mol. The molecule has 94 valence electrons. The van der Waals surface area contributed by atoms with E-state index in [1.165, 1.54) is 0 Å². The van der Waals surface area contributed by atoms with Crippen molar-refractivity contribution >= 4 is 11.6 Å². The topological polar surface area (TPSA) is 49.5 Å². The number of hydrogen-bond donors (Lipinski definition) is 2. The predicted molar refractivity (Wildman–Crippen MR) is 69.9 cm³/mol. The molecule has 0 radical (unpaired) electrons. The molecule has 4 heteroatoms. The minimum absolute atomic E-state index is 0.189. The lowest BCUT2D eigenvalue weighted by atomic mass is 10.1. The maximum atomic E-state index is 9.62. The van der Waals surface area contributed by atoms with Gasteiger partial charge in [-0.2, -0.15) is 0 Å². The van der Waals surface area contributed by atoms with Crippen molar-refractivity contribution in [3.63, 3.8) is 0 Å². The van der Waals surface area contributed by atoms with Gasteiger partial charge in [0.15, 0.2) is 0 Å². The van der Waals surface area contributed by atoms with Crippen LogP contribution >= 0.6 is 11.6 Å². The number of aliphatic hydroxyl groups is 1. The lowest BCUT2D eigenvalue weighted by molar-refractivity contribution is 0.0668. The van der Waals surface area contributed by atoms with Gasteiger partial charge in [-0.25, -0.2) is 0 Å². The van der Waals surface area contributed by atoms with E-state index in [4.69, 9.17) is 17.3 Å². The third kappa shape index (κ3) is 3.42. The minimum atomic E-state index is -0.189. The molecular formula is C13H19ClN2O. The number of hydrogen-bond acceptors (Lipinski definition) is 3. The van der Waals surface area contributed by atoms with Gasteiger partial charge in [0.2, 0.25) is 0 Å². The molecule has 3 nitrogen and oxygen atoms in total. The lowest BCUT2D eigenvalue weighted by Gasteiger charge is -2.30. The largest absolute Gasteiger partial charge is 0.392 e. The molecule has 1 saturated heterocycles. The van der Waals surface area contributed by atoms with E-state index in [1.807, 2.05) is 18.2 Å². The van der Waals surface area contributed by atoms with E-state index in [0.29, 0.717) is 6.54 Å². The molecule has 0 bridgehead atoms. The van der Waals surface area contributed by atoms with Crippen LogP contribution < -0.4 is 5.73 Å². The van der Waals surface area contributed by atoms with Crippen molar-refractivity contribution in [3.8, 4) is 0 Å². The highest BCUT2D eigenvalue weighted by Gasteiger charge is 2.18. The third-order valence-electron chi connectivity index (χ3n) is 3.23. The average molecular weight is 255 g/mol. The van der Waals surface area contributed by atoms with Crippen molar-refractivity contribution in [2.45, 2.75) is 32.0 Å². The predicted octanol–water partition coefficient (Wildman–Crippen LogP) is 1.76. The van der Waals surface area contributed by atoms with Crippen molar-refractivity contribution in [1.29, 1.82) is 0 Å². The van der Waals surface area contributed by atoms with Gasteiger partial charge < -0.3 is 10.8 Å². The molecule has 1 atom stereocenters. The molecule has 1 fully saturated rings. The van der Waals surface area contributed by atoms with Gasteiger partial charge in [0.25, 0.3) is 0 Å². The standard InChI is InChI=1S/C13H19ClN2O/c14-13-6-10(7-15)3-4-11(13)8-16-5-1-2-12(17)9-16/h3-4,6,12,17H,1-2,5,7-9,15H2. The molecule has 0 aliphatic carbocycles. The highest BCUT2D eigenvalue weighted by Crippen LogP contribution is 2.21. The molecule has 1 heterocycles. The fourth-order valence-corrected chi connectivity index (χ4v) is 2.52. The number of aliphatic hydroxyl groups excluding tert-OH is 1. The van der Waals surface area contributed by atoms with Crippen LogP contribution in [0.25, 0.3) is 0 Å². The Morgan fingerprint density at radius 3 is 2.94 bits per heavy atom. The first-order chi connectivity index (χ1) is 8.19. The maximum absolute atomic E-state index is 9.62. The number of β-amino-alcohol motifs (C(OH)–C–C–N with tert-alkyl or cyclic N) is 1. The number of nitrogens with zero attached hydrogens (tertiary/aromatic N) is 1. The highest BCUT2D eigenvalue weighted by atomic mass is 35.5. The zero-order valence-corrected chi connectivity index (χ0v) is 10.7. The van der Waals surface area contributed by atoms with Crippen LogP contribution in [0.2, 0.25) is 5.02 Å². The molecule has 0 saturated carbocycles. The first-order valence-electron chi connectivity index (χ1n) is 6.07. The van der Waals surface area contributed by atoms with E-state index < -0.39 is 0 Å². The summed E-state index contributed by atoms with van der Waals surface area (Å²) in [4.78, 5) is 2.25. The molecule has 0 amide bonds. The molecule has 0 aromatic heterocycles. The van der Waals surface area contributed by atoms with Crippen molar-refractivity contribution in [1.82, 2.24) is 4.90 Å². The second-order valence-corrected chi connectivity index (χ2v) is 5.07. The fraction of sp³-hybridized carbons (Fsp3) is 0.538. The SMILES string of the molecule is NCc1ccc(CN2CCCC(O)C2)c(Cl)c1. The second kappa shape index (κ2) is 5.83. The number of benzene rings is 1. The number of rotatable bonds is 3. The van der Waals surface area contributed by atoms with Crippen LogP contribution in [0.3, 0.4) is 0 Å². The van der Waals surface area contributed by atoms with Gasteiger partial charge in [0, 0.05) is 24.7 Å². The van der Waals surface area contributed by atoms with Crippen molar-refractivity contribution < 1.29 is 5.11 Å². The molecule has 17 heavy (non-hydrogen) atoms. The van der Waals surface area contributed by atoms with E-state index in [9.17, 15) is 5.11 Å². The summed E-state index contributed by atoms with van der Waals surface area (Å²) >= 11 is 6.22. The molecule has 1 aliphatic heterocycles.